The van der Waals surface area contributed by atoms with Gasteiger partial charge in [0.05, 0.1) is 7.11 Å². The van der Waals surface area contributed by atoms with E-state index < -0.39 is 34.9 Å². The topological polar surface area (TPSA) is 82.1 Å². The number of hydrogen-bond donors (Lipinski definition) is 1. The SMILES string of the molecule is COS(=O)OC(C)C(C)OS(=O)O. The Hall–Kier alpha value is 0.140. The molecule has 0 rings (SSSR count). The maximum atomic E-state index is 10.7. The fourth-order valence-corrected chi connectivity index (χ4v) is 1.35. The minimum Gasteiger partial charge on any atom is -0.284 e. The summed E-state index contributed by atoms with van der Waals surface area (Å²) < 4.78 is 42.8. The van der Waals surface area contributed by atoms with E-state index in [1.165, 1.54) is 14.0 Å². The second-order valence-corrected chi connectivity index (χ2v) is 3.75. The summed E-state index contributed by atoms with van der Waals surface area (Å²) in [6, 6.07) is 0. The van der Waals surface area contributed by atoms with Gasteiger partial charge in [-0.05, 0) is 13.8 Å². The summed E-state index contributed by atoms with van der Waals surface area (Å²) in [7, 11) is 1.22. The van der Waals surface area contributed by atoms with Crippen molar-refractivity contribution >= 4 is 22.7 Å². The van der Waals surface area contributed by atoms with E-state index in [1.54, 1.807) is 6.92 Å². The second kappa shape index (κ2) is 6.57. The lowest BCUT2D eigenvalue weighted by Crippen LogP contribution is -2.27. The lowest BCUT2D eigenvalue weighted by Gasteiger charge is -2.16. The molecule has 0 aliphatic heterocycles. The first-order valence-electron chi connectivity index (χ1n) is 3.38. The summed E-state index contributed by atoms with van der Waals surface area (Å²) >= 11 is -4.21. The largest absolute Gasteiger partial charge is 0.304 e. The highest BCUT2D eigenvalue weighted by molar-refractivity contribution is 7.75. The van der Waals surface area contributed by atoms with Crippen LogP contribution in [0.1, 0.15) is 13.8 Å². The molecule has 0 saturated carbocycles. The van der Waals surface area contributed by atoms with Crippen LogP contribution in [0.2, 0.25) is 0 Å². The molecular weight excluding hydrogens is 220 g/mol. The Kier molecular flexibility index (Phi) is 6.64. The monoisotopic (exact) mass is 232 g/mol. The molecule has 80 valence electrons. The summed E-state index contributed by atoms with van der Waals surface area (Å²) in [6.07, 6.45) is -1.25. The van der Waals surface area contributed by atoms with Gasteiger partial charge in [-0.2, -0.15) is 8.42 Å². The number of rotatable bonds is 6. The van der Waals surface area contributed by atoms with Gasteiger partial charge in [0.25, 0.3) is 0 Å². The molecule has 0 aromatic rings. The Morgan fingerprint density at radius 1 is 1.15 bits per heavy atom. The lowest BCUT2D eigenvalue weighted by molar-refractivity contribution is 0.0815. The third-order valence-electron chi connectivity index (χ3n) is 1.26. The average molecular weight is 232 g/mol. The van der Waals surface area contributed by atoms with Gasteiger partial charge in [-0.15, -0.1) is 0 Å². The van der Waals surface area contributed by atoms with Gasteiger partial charge in [-0.3, -0.25) is 17.1 Å². The maximum absolute atomic E-state index is 10.7. The van der Waals surface area contributed by atoms with Crippen molar-refractivity contribution in [2.24, 2.45) is 0 Å². The van der Waals surface area contributed by atoms with E-state index in [-0.39, 0.29) is 0 Å². The van der Waals surface area contributed by atoms with Gasteiger partial charge in [0.2, 0.25) is 0 Å². The second-order valence-electron chi connectivity index (χ2n) is 2.19. The Morgan fingerprint density at radius 3 is 2.00 bits per heavy atom. The van der Waals surface area contributed by atoms with Crippen molar-refractivity contribution in [3.8, 4) is 0 Å². The van der Waals surface area contributed by atoms with Crippen LogP contribution in [-0.4, -0.2) is 32.3 Å². The molecule has 0 spiro atoms. The molecule has 4 unspecified atom stereocenters. The molecule has 0 aromatic carbocycles. The van der Waals surface area contributed by atoms with Crippen LogP contribution >= 0.6 is 0 Å². The molecule has 8 heteroatoms. The Bertz CT molecular complexity index is 195. The lowest BCUT2D eigenvalue weighted by atomic mass is 10.3. The highest BCUT2D eigenvalue weighted by Crippen LogP contribution is 2.06. The molecule has 0 amide bonds. The van der Waals surface area contributed by atoms with Crippen LogP contribution in [0, 0.1) is 0 Å². The molecule has 0 aliphatic rings. The van der Waals surface area contributed by atoms with Gasteiger partial charge in [-0.25, -0.2) is 0 Å². The predicted octanol–water partition coefficient (Wildman–Crippen LogP) is 0.158. The molecule has 0 radical (unpaired) electrons. The van der Waals surface area contributed by atoms with E-state index in [0.717, 1.165) is 0 Å². The van der Waals surface area contributed by atoms with Crippen LogP contribution in [0.15, 0.2) is 0 Å². The van der Waals surface area contributed by atoms with Crippen LogP contribution < -0.4 is 0 Å². The van der Waals surface area contributed by atoms with Crippen LogP contribution in [0.25, 0.3) is 0 Å². The molecule has 0 bridgehead atoms. The van der Waals surface area contributed by atoms with Crippen molar-refractivity contribution < 1.29 is 25.5 Å². The fraction of sp³-hybridized carbons (Fsp3) is 1.00. The van der Waals surface area contributed by atoms with Gasteiger partial charge in [0.1, 0.15) is 12.2 Å². The van der Waals surface area contributed by atoms with E-state index in [4.69, 9.17) is 8.74 Å². The molecule has 0 saturated heterocycles. The molecule has 1 N–H and O–H groups in total. The van der Waals surface area contributed by atoms with Crippen molar-refractivity contribution in [3.05, 3.63) is 0 Å². The quantitative estimate of drug-likeness (QED) is 0.657. The smallest absolute Gasteiger partial charge is 0.284 e. The molecule has 4 atom stereocenters. The maximum Gasteiger partial charge on any atom is 0.304 e. The minimum atomic E-state index is -2.35. The molecule has 6 nitrogen and oxygen atoms in total. The summed E-state index contributed by atoms with van der Waals surface area (Å²) in [5.41, 5.74) is 0. The zero-order valence-corrected chi connectivity index (χ0v) is 9.09. The van der Waals surface area contributed by atoms with Crippen molar-refractivity contribution in [1.29, 1.82) is 0 Å². The number of hydrogen-bond acceptors (Lipinski definition) is 5. The zero-order valence-electron chi connectivity index (χ0n) is 7.46. The van der Waals surface area contributed by atoms with Gasteiger partial charge in [0.15, 0.2) is 0 Å². The third kappa shape index (κ3) is 6.24. The highest BCUT2D eigenvalue weighted by atomic mass is 32.2. The molecule has 0 aromatic heterocycles. The van der Waals surface area contributed by atoms with Gasteiger partial charge in [0, 0.05) is 0 Å². The standard InChI is InChI=1S/C5H12O6S2/c1-4(10-12(6)7)5(2)11-13(8)9-3/h4-5H,1-3H3,(H,6,7). The zero-order chi connectivity index (χ0) is 10.4. The van der Waals surface area contributed by atoms with E-state index in [0.29, 0.717) is 0 Å². The first-order chi connectivity index (χ1) is 5.97. The van der Waals surface area contributed by atoms with Crippen LogP contribution in [-0.2, 0) is 35.3 Å². The first kappa shape index (κ1) is 13.1. The minimum absolute atomic E-state index is 0.600. The molecular formula is C5H12O6S2. The van der Waals surface area contributed by atoms with E-state index in [1.807, 2.05) is 0 Å². The first-order valence-corrected chi connectivity index (χ1v) is 5.42. The van der Waals surface area contributed by atoms with E-state index in [9.17, 15) is 8.42 Å². The average Bonchev–Trinajstić information content (AvgIpc) is 2.02. The Morgan fingerprint density at radius 2 is 1.62 bits per heavy atom. The summed E-state index contributed by atoms with van der Waals surface area (Å²) in [6.45, 7) is 3.07. The molecule has 13 heavy (non-hydrogen) atoms. The fourth-order valence-electron chi connectivity index (χ4n) is 0.450. The van der Waals surface area contributed by atoms with Crippen LogP contribution in [0.3, 0.4) is 0 Å². The van der Waals surface area contributed by atoms with Crippen molar-refractivity contribution in [1.82, 2.24) is 0 Å². The van der Waals surface area contributed by atoms with Gasteiger partial charge >= 0.3 is 22.7 Å². The molecule has 0 aliphatic carbocycles. The van der Waals surface area contributed by atoms with Crippen molar-refractivity contribution in [3.63, 3.8) is 0 Å². The van der Waals surface area contributed by atoms with Crippen LogP contribution in [0.4, 0.5) is 0 Å². The van der Waals surface area contributed by atoms with Crippen molar-refractivity contribution in [2.75, 3.05) is 7.11 Å². The summed E-state index contributed by atoms with van der Waals surface area (Å²) in [5, 5.41) is 0. The van der Waals surface area contributed by atoms with E-state index >= 15 is 0 Å². The Labute approximate surface area is 81.9 Å². The van der Waals surface area contributed by atoms with Gasteiger partial charge < -0.3 is 0 Å². The predicted molar refractivity (Wildman–Crippen MR) is 47.0 cm³/mol. The molecule has 0 heterocycles. The van der Waals surface area contributed by atoms with Crippen LogP contribution in [0.5, 0.6) is 0 Å². The molecule has 0 fully saturated rings. The van der Waals surface area contributed by atoms with Gasteiger partial charge in [-0.1, -0.05) is 0 Å². The van der Waals surface area contributed by atoms with E-state index in [2.05, 4.69) is 8.37 Å². The normalized spacial score (nSPS) is 20.6. The van der Waals surface area contributed by atoms with Crippen molar-refractivity contribution in [2.45, 2.75) is 26.1 Å². The third-order valence-corrected chi connectivity index (χ3v) is 2.46. The summed E-state index contributed by atoms with van der Waals surface area (Å²) in [4.78, 5) is 0. The summed E-state index contributed by atoms with van der Waals surface area (Å²) in [5.74, 6) is 0. The Balaban J connectivity index is 3.88. The highest BCUT2D eigenvalue weighted by Gasteiger charge is 2.18.